The van der Waals surface area contributed by atoms with Crippen molar-refractivity contribution < 1.29 is 23.1 Å². The van der Waals surface area contributed by atoms with E-state index in [-0.39, 0.29) is 0 Å². The number of alkyl halides is 3. The quantitative estimate of drug-likeness (QED) is 0.664. The molecule has 1 aromatic carbocycles. The molecule has 1 aliphatic rings. The number of carboxylic acids is 1. The smallest absolute Gasteiger partial charge is 0.418 e. The van der Waals surface area contributed by atoms with E-state index in [2.05, 4.69) is 4.99 Å². The van der Waals surface area contributed by atoms with Gasteiger partial charge in [-0.15, -0.1) is 0 Å². The zero-order valence-corrected chi connectivity index (χ0v) is 12.8. The van der Waals surface area contributed by atoms with E-state index in [0.717, 1.165) is 17.6 Å². The van der Waals surface area contributed by atoms with Crippen LogP contribution in [0.2, 0.25) is 5.02 Å². The van der Waals surface area contributed by atoms with Gasteiger partial charge in [-0.3, -0.25) is 0 Å². The van der Waals surface area contributed by atoms with Gasteiger partial charge in [0.2, 0.25) is 0 Å². The van der Waals surface area contributed by atoms with Gasteiger partial charge >= 0.3 is 12.1 Å². The standard InChI is InChI=1S/C13H12ClF3N2O2S/c14-10-8(12(20)21)1-2-9(13(15,16)17)11(10)18-7-19-3-5-22-6-4-19/h1-2,7H,3-6H2,(H,20,21). The van der Waals surface area contributed by atoms with Crippen molar-refractivity contribution in [1.29, 1.82) is 0 Å². The molecule has 0 spiro atoms. The Morgan fingerprint density at radius 1 is 1.36 bits per heavy atom. The molecule has 1 aromatic rings. The predicted molar refractivity (Wildman–Crippen MR) is 80.5 cm³/mol. The third kappa shape index (κ3) is 3.86. The van der Waals surface area contributed by atoms with Gasteiger partial charge in [0.05, 0.1) is 28.2 Å². The average molecular weight is 353 g/mol. The SMILES string of the molecule is O=C(O)c1ccc(C(F)(F)F)c(N=CN2CCSCC2)c1Cl. The molecule has 0 amide bonds. The van der Waals surface area contributed by atoms with Crippen LogP contribution < -0.4 is 0 Å². The van der Waals surface area contributed by atoms with Gasteiger partial charge < -0.3 is 10.0 Å². The van der Waals surface area contributed by atoms with E-state index in [4.69, 9.17) is 16.7 Å². The van der Waals surface area contributed by atoms with Gasteiger partial charge in [-0.25, -0.2) is 9.79 Å². The van der Waals surface area contributed by atoms with Gasteiger partial charge in [-0.1, -0.05) is 11.6 Å². The predicted octanol–water partition coefficient (Wildman–Crippen LogP) is 3.77. The van der Waals surface area contributed by atoms with Crippen LogP contribution in [0.15, 0.2) is 17.1 Å². The molecule has 0 aromatic heterocycles. The van der Waals surface area contributed by atoms with Crippen LogP contribution in [-0.4, -0.2) is 46.9 Å². The van der Waals surface area contributed by atoms with E-state index in [1.54, 1.807) is 16.7 Å². The molecule has 1 fully saturated rings. The summed E-state index contributed by atoms with van der Waals surface area (Å²) < 4.78 is 39.1. The zero-order chi connectivity index (χ0) is 16.3. The lowest BCUT2D eigenvalue weighted by molar-refractivity contribution is -0.137. The van der Waals surface area contributed by atoms with Crippen molar-refractivity contribution in [3.63, 3.8) is 0 Å². The molecular weight excluding hydrogens is 341 g/mol. The zero-order valence-electron chi connectivity index (χ0n) is 11.2. The molecule has 2 rings (SSSR count). The molecular formula is C13H12ClF3N2O2S. The van der Waals surface area contributed by atoms with Gasteiger partial charge in [-0.05, 0) is 12.1 Å². The largest absolute Gasteiger partial charge is 0.478 e. The number of benzene rings is 1. The second kappa shape index (κ2) is 6.78. The van der Waals surface area contributed by atoms with Crippen molar-refractivity contribution in [3.05, 3.63) is 28.3 Å². The number of halogens is 4. The second-order valence-electron chi connectivity index (χ2n) is 4.52. The van der Waals surface area contributed by atoms with Crippen molar-refractivity contribution in [2.24, 2.45) is 4.99 Å². The number of aromatic carboxylic acids is 1. The number of carboxylic acid groups (broad SMARTS) is 1. The van der Waals surface area contributed by atoms with Gasteiger partial charge in [0, 0.05) is 24.6 Å². The van der Waals surface area contributed by atoms with Crippen LogP contribution >= 0.6 is 23.4 Å². The summed E-state index contributed by atoms with van der Waals surface area (Å²) in [6.45, 7) is 1.34. The van der Waals surface area contributed by atoms with Crippen LogP contribution in [0.25, 0.3) is 0 Å². The van der Waals surface area contributed by atoms with Crippen LogP contribution in [0.1, 0.15) is 15.9 Å². The van der Waals surface area contributed by atoms with Crippen LogP contribution in [0, 0.1) is 0 Å². The number of aliphatic imine (C=N–C) groups is 1. The molecule has 0 unspecified atom stereocenters. The van der Waals surface area contributed by atoms with Crippen molar-refractivity contribution in [2.75, 3.05) is 24.6 Å². The highest BCUT2D eigenvalue weighted by Gasteiger charge is 2.35. The summed E-state index contributed by atoms with van der Waals surface area (Å²) >= 11 is 7.57. The number of hydrogen-bond acceptors (Lipinski definition) is 3. The van der Waals surface area contributed by atoms with Crippen LogP contribution in [0.4, 0.5) is 18.9 Å². The lowest BCUT2D eigenvalue weighted by Crippen LogP contribution is -2.31. The molecule has 0 atom stereocenters. The minimum atomic E-state index is -4.66. The molecule has 1 N–H and O–H groups in total. The van der Waals surface area contributed by atoms with Crippen LogP contribution in [0.3, 0.4) is 0 Å². The Balaban J connectivity index is 2.43. The lowest BCUT2D eigenvalue weighted by atomic mass is 10.1. The Kier molecular flexibility index (Phi) is 5.23. The van der Waals surface area contributed by atoms with Crippen LogP contribution in [0.5, 0.6) is 0 Å². The maximum absolute atomic E-state index is 13.0. The first-order valence-corrected chi connectivity index (χ1v) is 7.83. The summed E-state index contributed by atoms with van der Waals surface area (Å²) in [7, 11) is 0. The van der Waals surface area contributed by atoms with E-state index in [1.807, 2.05) is 0 Å². The minimum Gasteiger partial charge on any atom is -0.478 e. The van der Waals surface area contributed by atoms with E-state index >= 15 is 0 Å². The topological polar surface area (TPSA) is 52.9 Å². The monoisotopic (exact) mass is 352 g/mol. The lowest BCUT2D eigenvalue weighted by Gasteiger charge is -2.23. The van der Waals surface area contributed by atoms with Gasteiger partial charge in [0.25, 0.3) is 0 Å². The summed E-state index contributed by atoms with van der Waals surface area (Å²) in [6.07, 6.45) is -3.37. The van der Waals surface area contributed by atoms with Crippen molar-refractivity contribution >= 4 is 41.4 Å². The molecule has 1 saturated heterocycles. The van der Waals surface area contributed by atoms with Gasteiger partial charge in [0.15, 0.2) is 0 Å². The van der Waals surface area contributed by atoms with Crippen molar-refractivity contribution in [3.8, 4) is 0 Å². The van der Waals surface area contributed by atoms with E-state index in [1.165, 1.54) is 6.34 Å². The van der Waals surface area contributed by atoms with Gasteiger partial charge in [0.1, 0.15) is 0 Å². The molecule has 4 nitrogen and oxygen atoms in total. The summed E-state index contributed by atoms with van der Waals surface area (Å²) in [6, 6.07) is 1.53. The Labute approximate surface area is 134 Å². The molecule has 0 saturated carbocycles. The molecule has 0 aliphatic carbocycles. The van der Waals surface area contributed by atoms with Gasteiger partial charge in [-0.2, -0.15) is 24.9 Å². The highest BCUT2D eigenvalue weighted by molar-refractivity contribution is 7.99. The Morgan fingerprint density at radius 3 is 2.55 bits per heavy atom. The average Bonchev–Trinajstić information content (AvgIpc) is 2.45. The Hall–Kier alpha value is -1.41. The van der Waals surface area contributed by atoms with E-state index < -0.39 is 34.0 Å². The molecule has 1 aliphatic heterocycles. The van der Waals surface area contributed by atoms with Crippen molar-refractivity contribution in [1.82, 2.24) is 4.90 Å². The molecule has 1 heterocycles. The third-order valence-electron chi connectivity index (χ3n) is 3.05. The second-order valence-corrected chi connectivity index (χ2v) is 6.12. The molecule has 0 bridgehead atoms. The maximum atomic E-state index is 13.0. The Bertz CT molecular complexity index is 602. The molecule has 9 heteroatoms. The normalized spacial score (nSPS) is 16.3. The summed E-state index contributed by atoms with van der Waals surface area (Å²) in [5.41, 5.74) is -2.02. The highest BCUT2D eigenvalue weighted by Crippen LogP contribution is 2.41. The molecule has 22 heavy (non-hydrogen) atoms. The number of rotatable bonds is 3. The molecule has 120 valence electrons. The molecule has 0 radical (unpaired) electrons. The fraction of sp³-hybridized carbons (Fsp3) is 0.385. The first-order chi connectivity index (χ1) is 10.3. The number of hydrogen-bond donors (Lipinski definition) is 1. The third-order valence-corrected chi connectivity index (χ3v) is 4.37. The number of nitrogens with zero attached hydrogens (tertiary/aromatic N) is 2. The fourth-order valence-corrected chi connectivity index (χ4v) is 3.14. The minimum absolute atomic E-state index is 0.406. The first kappa shape index (κ1) is 17.0. The number of thioether (sulfide) groups is 1. The summed E-state index contributed by atoms with van der Waals surface area (Å²) in [5, 5.41) is 8.46. The van der Waals surface area contributed by atoms with Crippen LogP contribution in [-0.2, 0) is 6.18 Å². The maximum Gasteiger partial charge on any atom is 0.418 e. The fourth-order valence-electron chi connectivity index (χ4n) is 1.92. The van der Waals surface area contributed by atoms with Crippen molar-refractivity contribution in [2.45, 2.75) is 6.18 Å². The first-order valence-electron chi connectivity index (χ1n) is 6.29. The van der Waals surface area contributed by atoms with E-state index in [0.29, 0.717) is 19.2 Å². The highest BCUT2D eigenvalue weighted by atomic mass is 35.5. The summed E-state index contributed by atoms with van der Waals surface area (Å²) in [5.74, 6) is 0.326. The van der Waals surface area contributed by atoms with E-state index in [9.17, 15) is 18.0 Å². The Morgan fingerprint density at radius 2 is 2.00 bits per heavy atom. The summed E-state index contributed by atoms with van der Waals surface area (Å²) in [4.78, 5) is 16.6. The number of carbonyl (C=O) groups is 1.